The molecule has 0 fully saturated rings. The second-order valence-corrected chi connectivity index (χ2v) is 2.38. The summed E-state index contributed by atoms with van der Waals surface area (Å²) in [6.07, 6.45) is 0. The van der Waals surface area contributed by atoms with E-state index in [1.54, 1.807) is 0 Å². The Morgan fingerprint density at radius 2 is 2.17 bits per heavy atom. The Balaban J connectivity index is 3.17. The first-order valence-corrected chi connectivity index (χ1v) is 2.16. The Kier molecular flexibility index (Phi) is 1.90. The van der Waals surface area contributed by atoms with Crippen molar-refractivity contribution in [3.8, 4) is 0 Å². The number of hydrogen-bond acceptors (Lipinski definition) is 3. The zero-order chi connectivity index (χ0) is 5.21. The maximum atomic E-state index is 8.57. The summed E-state index contributed by atoms with van der Waals surface area (Å²) in [5.74, 6) is 0. The van der Waals surface area contributed by atoms with Crippen molar-refractivity contribution >= 4 is 12.6 Å². The van der Waals surface area contributed by atoms with E-state index in [1.807, 2.05) is 0 Å². The zero-order valence-electron chi connectivity index (χ0n) is 3.68. The lowest BCUT2D eigenvalue weighted by Crippen LogP contribution is -2.26. The molecule has 0 aliphatic heterocycles. The van der Waals surface area contributed by atoms with E-state index in [-0.39, 0.29) is 6.54 Å². The van der Waals surface area contributed by atoms with Crippen molar-refractivity contribution in [3.05, 3.63) is 0 Å². The normalized spacial score (nSPS) is 20.0. The van der Waals surface area contributed by atoms with Crippen molar-refractivity contribution in [2.75, 3.05) is 6.54 Å². The minimum atomic E-state index is -0.986. The van der Waals surface area contributed by atoms with Gasteiger partial charge in [0.05, 0.1) is 0 Å². The van der Waals surface area contributed by atoms with Gasteiger partial charge in [0.25, 0.3) is 0 Å². The highest BCUT2D eigenvalue weighted by molar-refractivity contribution is 7.81. The fourth-order valence-corrected chi connectivity index (χ4v) is 0. The van der Waals surface area contributed by atoms with Crippen LogP contribution in [0.25, 0.3) is 0 Å². The Labute approximate surface area is 42.8 Å². The van der Waals surface area contributed by atoms with Crippen molar-refractivity contribution in [1.29, 1.82) is 0 Å². The van der Waals surface area contributed by atoms with Crippen LogP contribution in [0.3, 0.4) is 0 Å². The van der Waals surface area contributed by atoms with Crippen LogP contribution >= 0.6 is 12.6 Å². The van der Waals surface area contributed by atoms with Crippen LogP contribution < -0.4 is 5.73 Å². The Hall–Kier alpha value is 0.270. The van der Waals surface area contributed by atoms with Gasteiger partial charge >= 0.3 is 0 Å². The molecule has 0 rings (SSSR count). The van der Waals surface area contributed by atoms with E-state index in [1.165, 1.54) is 6.92 Å². The minimum Gasteiger partial charge on any atom is -0.379 e. The Bertz CT molecular complexity index is 40.5. The highest BCUT2D eigenvalue weighted by Crippen LogP contribution is 2.02. The molecule has 0 aromatic rings. The molecule has 1 atom stereocenters. The maximum absolute atomic E-state index is 8.57. The molecule has 0 aromatic heterocycles. The van der Waals surface area contributed by atoms with Crippen LogP contribution in [0.1, 0.15) is 6.92 Å². The van der Waals surface area contributed by atoms with Crippen LogP contribution in [0.15, 0.2) is 0 Å². The highest BCUT2D eigenvalue weighted by Gasteiger charge is 2.07. The van der Waals surface area contributed by atoms with Gasteiger partial charge in [-0.25, -0.2) is 0 Å². The van der Waals surface area contributed by atoms with Gasteiger partial charge in [-0.1, -0.05) is 0 Å². The fourth-order valence-electron chi connectivity index (χ4n) is 0. The molecular formula is C3H9NOS. The lowest BCUT2D eigenvalue weighted by atomic mass is 10.4. The van der Waals surface area contributed by atoms with Crippen molar-refractivity contribution in [1.82, 2.24) is 0 Å². The molecule has 0 radical (unpaired) electrons. The molecule has 0 saturated heterocycles. The molecule has 0 amide bonds. The molecule has 3 heteroatoms. The van der Waals surface area contributed by atoms with Crippen molar-refractivity contribution in [2.24, 2.45) is 5.73 Å². The van der Waals surface area contributed by atoms with Crippen LogP contribution in [-0.4, -0.2) is 16.6 Å². The van der Waals surface area contributed by atoms with Crippen LogP contribution in [0.2, 0.25) is 0 Å². The van der Waals surface area contributed by atoms with Gasteiger partial charge in [0.15, 0.2) is 0 Å². The van der Waals surface area contributed by atoms with Gasteiger partial charge in [-0.2, -0.15) is 0 Å². The quantitative estimate of drug-likeness (QED) is 0.315. The second-order valence-electron chi connectivity index (χ2n) is 1.42. The van der Waals surface area contributed by atoms with Crippen LogP contribution in [0.5, 0.6) is 0 Å². The number of aliphatic hydroxyl groups is 1. The highest BCUT2D eigenvalue weighted by atomic mass is 32.1. The van der Waals surface area contributed by atoms with Crippen molar-refractivity contribution < 1.29 is 5.11 Å². The molecule has 0 bridgehead atoms. The van der Waals surface area contributed by atoms with E-state index in [0.717, 1.165) is 0 Å². The van der Waals surface area contributed by atoms with Gasteiger partial charge in [0, 0.05) is 6.54 Å². The number of rotatable bonds is 1. The summed E-state index contributed by atoms with van der Waals surface area (Å²) in [6, 6.07) is 0. The zero-order valence-corrected chi connectivity index (χ0v) is 4.57. The summed E-state index contributed by atoms with van der Waals surface area (Å²) >= 11 is 3.69. The summed E-state index contributed by atoms with van der Waals surface area (Å²) in [7, 11) is 0. The molecule has 0 saturated carbocycles. The first kappa shape index (κ1) is 6.27. The van der Waals surface area contributed by atoms with E-state index in [9.17, 15) is 0 Å². The maximum Gasteiger partial charge on any atom is 0.117 e. The van der Waals surface area contributed by atoms with E-state index < -0.39 is 4.93 Å². The fraction of sp³-hybridized carbons (Fsp3) is 1.00. The molecule has 6 heavy (non-hydrogen) atoms. The monoisotopic (exact) mass is 107 g/mol. The van der Waals surface area contributed by atoms with Gasteiger partial charge in [0.1, 0.15) is 4.93 Å². The van der Waals surface area contributed by atoms with E-state index in [2.05, 4.69) is 12.6 Å². The molecule has 0 aliphatic rings. The SMILES string of the molecule is CC(O)(S)CN. The molecule has 0 spiro atoms. The molecule has 0 heterocycles. The lowest BCUT2D eigenvalue weighted by molar-refractivity contribution is 0.169. The van der Waals surface area contributed by atoms with Crippen molar-refractivity contribution in [2.45, 2.75) is 11.9 Å². The van der Waals surface area contributed by atoms with E-state index in [4.69, 9.17) is 10.8 Å². The number of hydrogen-bond donors (Lipinski definition) is 3. The van der Waals surface area contributed by atoms with Gasteiger partial charge < -0.3 is 10.8 Å². The molecule has 0 aliphatic carbocycles. The average molecular weight is 107 g/mol. The largest absolute Gasteiger partial charge is 0.379 e. The van der Waals surface area contributed by atoms with Crippen molar-refractivity contribution in [3.63, 3.8) is 0 Å². The van der Waals surface area contributed by atoms with Gasteiger partial charge in [0.2, 0.25) is 0 Å². The predicted octanol–water partition coefficient (Wildman–Crippen LogP) is -0.417. The molecular weight excluding hydrogens is 98.1 g/mol. The molecule has 2 nitrogen and oxygen atoms in total. The van der Waals surface area contributed by atoms with Gasteiger partial charge in [-0.15, -0.1) is 12.6 Å². The van der Waals surface area contributed by atoms with Gasteiger partial charge in [-0.05, 0) is 6.92 Å². The second kappa shape index (κ2) is 1.82. The standard InChI is InChI=1S/C3H9NOS/c1-3(5,6)2-4/h5-6H,2,4H2,1H3. The van der Waals surface area contributed by atoms with Crippen LogP contribution in [0.4, 0.5) is 0 Å². The minimum absolute atomic E-state index is 0.191. The molecule has 3 N–H and O–H groups in total. The topological polar surface area (TPSA) is 46.2 Å². The van der Waals surface area contributed by atoms with Crippen LogP contribution in [0, 0.1) is 0 Å². The number of thiol groups is 1. The predicted molar refractivity (Wildman–Crippen MR) is 28.7 cm³/mol. The van der Waals surface area contributed by atoms with E-state index in [0.29, 0.717) is 0 Å². The van der Waals surface area contributed by atoms with E-state index >= 15 is 0 Å². The van der Waals surface area contributed by atoms with Crippen LogP contribution in [-0.2, 0) is 0 Å². The smallest absolute Gasteiger partial charge is 0.117 e. The third-order valence-electron chi connectivity index (χ3n) is 0.387. The average Bonchev–Trinajstić information content (AvgIpc) is 1.35. The summed E-state index contributed by atoms with van der Waals surface area (Å²) in [6.45, 7) is 1.73. The Morgan fingerprint density at radius 1 is 2.00 bits per heavy atom. The first-order chi connectivity index (χ1) is 2.56. The Morgan fingerprint density at radius 3 is 2.17 bits per heavy atom. The third-order valence-corrected chi connectivity index (χ3v) is 0.569. The summed E-state index contributed by atoms with van der Waals surface area (Å²) in [4.78, 5) is -0.986. The summed E-state index contributed by atoms with van der Waals surface area (Å²) < 4.78 is 0. The van der Waals surface area contributed by atoms with Gasteiger partial charge in [-0.3, -0.25) is 0 Å². The molecule has 1 unspecified atom stereocenters. The number of nitrogens with two attached hydrogens (primary N) is 1. The molecule has 0 aromatic carbocycles. The third kappa shape index (κ3) is 4.27. The summed E-state index contributed by atoms with van der Waals surface area (Å²) in [5, 5.41) is 8.57. The molecule has 38 valence electrons. The summed E-state index contributed by atoms with van der Waals surface area (Å²) in [5.41, 5.74) is 4.98. The lowest BCUT2D eigenvalue weighted by Gasteiger charge is -2.10. The first-order valence-electron chi connectivity index (χ1n) is 1.71.